The summed E-state index contributed by atoms with van der Waals surface area (Å²) < 4.78 is 0. The number of hydrogen-bond donors (Lipinski definition) is 1. The summed E-state index contributed by atoms with van der Waals surface area (Å²) in [4.78, 5) is 20.8. The Morgan fingerprint density at radius 1 is 1.25 bits per heavy atom. The molecule has 1 aromatic carbocycles. The zero-order chi connectivity index (χ0) is 16.8. The SMILES string of the molecule is N#C[C@@H](C(=O)NCc1cccnc1)c1nc(-c2ccccc2)cs1. The Kier molecular flexibility index (Phi) is 4.94. The molecule has 2 aromatic heterocycles. The third kappa shape index (κ3) is 3.65. The van der Waals surface area contributed by atoms with Gasteiger partial charge in [-0.2, -0.15) is 5.26 Å². The topological polar surface area (TPSA) is 78.7 Å². The molecule has 0 spiro atoms. The Bertz CT molecular complexity index is 855. The van der Waals surface area contributed by atoms with Crippen molar-refractivity contribution < 1.29 is 4.79 Å². The van der Waals surface area contributed by atoms with Crippen LogP contribution in [0.4, 0.5) is 0 Å². The molecule has 0 aliphatic rings. The minimum atomic E-state index is -0.913. The van der Waals surface area contributed by atoms with Gasteiger partial charge in [0.05, 0.1) is 11.8 Å². The summed E-state index contributed by atoms with van der Waals surface area (Å²) in [6.07, 6.45) is 3.35. The van der Waals surface area contributed by atoms with Crippen LogP contribution in [-0.2, 0) is 11.3 Å². The highest BCUT2D eigenvalue weighted by Crippen LogP contribution is 2.26. The standard InChI is InChI=1S/C18H14N4OS/c19-9-15(17(23)21-11-13-5-4-8-20-10-13)18-22-16(12-24-18)14-6-2-1-3-7-14/h1-8,10,12,15H,11H2,(H,21,23)/t15-/m0/s1. The molecule has 0 saturated heterocycles. The van der Waals surface area contributed by atoms with Gasteiger partial charge < -0.3 is 5.32 Å². The molecule has 0 bridgehead atoms. The third-order valence-corrected chi connectivity index (χ3v) is 4.33. The summed E-state index contributed by atoms with van der Waals surface area (Å²) in [6, 6.07) is 15.4. The number of aromatic nitrogens is 2. The number of carbonyl (C=O) groups is 1. The largest absolute Gasteiger partial charge is 0.350 e. The fourth-order valence-corrected chi connectivity index (χ4v) is 3.05. The average Bonchev–Trinajstić information content (AvgIpc) is 3.12. The molecule has 2 heterocycles. The predicted molar refractivity (Wildman–Crippen MR) is 92.0 cm³/mol. The van der Waals surface area contributed by atoms with Crippen LogP contribution in [0.15, 0.2) is 60.2 Å². The maximum atomic E-state index is 12.3. The van der Waals surface area contributed by atoms with Gasteiger partial charge in [0.1, 0.15) is 5.01 Å². The number of nitrogens with one attached hydrogen (secondary N) is 1. The predicted octanol–water partition coefficient (Wildman–Crippen LogP) is 3.13. The van der Waals surface area contributed by atoms with Gasteiger partial charge in [0.25, 0.3) is 0 Å². The molecule has 0 radical (unpaired) electrons. The van der Waals surface area contributed by atoms with Gasteiger partial charge >= 0.3 is 0 Å². The molecule has 3 aromatic rings. The van der Waals surface area contributed by atoms with Crippen molar-refractivity contribution in [2.24, 2.45) is 0 Å². The van der Waals surface area contributed by atoms with Crippen molar-refractivity contribution >= 4 is 17.2 Å². The maximum absolute atomic E-state index is 12.3. The monoisotopic (exact) mass is 334 g/mol. The quantitative estimate of drug-likeness (QED) is 0.777. The van der Waals surface area contributed by atoms with Crippen molar-refractivity contribution in [3.05, 3.63) is 70.8 Å². The minimum Gasteiger partial charge on any atom is -0.350 e. The highest BCUT2D eigenvalue weighted by molar-refractivity contribution is 7.10. The van der Waals surface area contributed by atoms with E-state index in [1.165, 1.54) is 11.3 Å². The third-order valence-electron chi connectivity index (χ3n) is 3.42. The first-order valence-electron chi connectivity index (χ1n) is 7.35. The number of nitriles is 1. The second kappa shape index (κ2) is 7.49. The number of nitrogens with zero attached hydrogens (tertiary/aromatic N) is 3. The Morgan fingerprint density at radius 2 is 2.08 bits per heavy atom. The van der Waals surface area contributed by atoms with E-state index < -0.39 is 5.92 Å². The van der Waals surface area contributed by atoms with Gasteiger partial charge in [0.15, 0.2) is 5.92 Å². The maximum Gasteiger partial charge on any atom is 0.244 e. The number of carbonyl (C=O) groups excluding carboxylic acids is 1. The van der Waals surface area contributed by atoms with E-state index in [0.717, 1.165) is 16.8 Å². The molecule has 0 aliphatic heterocycles. The molecule has 0 aliphatic carbocycles. The van der Waals surface area contributed by atoms with Crippen LogP contribution in [0.1, 0.15) is 16.5 Å². The number of pyridine rings is 1. The second-order valence-electron chi connectivity index (χ2n) is 5.08. The van der Waals surface area contributed by atoms with Crippen molar-refractivity contribution in [3.8, 4) is 17.3 Å². The molecule has 6 heteroatoms. The van der Waals surface area contributed by atoms with Crippen LogP contribution in [0, 0.1) is 11.3 Å². The fourth-order valence-electron chi connectivity index (χ4n) is 2.18. The highest BCUT2D eigenvalue weighted by Gasteiger charge is 2.23. The van der Waals surface area contributed by atoms with Gasteiger partial charge in [-0.15, -0.1) is 11.3 Å². The molecule has 0 saturated carbocycles. The summed E-state index contributed by atoms with van der Waals surface area (Å²) >= 11 is 1.32. The zero-order valence-corrected chi connectivity index (χ0v) is 13.5. The van der Waals surface area contributed by atoms with E-state index in [-0.39, 0.29) is 5.91 Å². The van der Waals surface area contributed by atoms with Gasteiger partial charge in [-0.25, -0.2) is 4.98 Å². The van der Waals surface area contributed by atoms with Gasteiger partial charge in [0.2, 0.25) is 5.91 Å². The number of thiazole rings is 1. The molecule has 118 valence electrons. The smallest absolute Gasteiger partial charge is 0.244 e. The van der Waals surface area contributed by atoms with E-state index >= 15 is 0 Å². The highest BCUT2D eigenvalue weighted by atomic mass is 32.1. The van der Waals surface area contributed by atoms with Crippen LogP contribution in [0.2, 0.25) is 0 Å². The number of hydrogen-bond acceptors (Lipinski definition) is 5. The van der Waals surface area contributed by atoms with Crippen LogP contribution < -0.4 is 5.32 Å². The lowest BCUT2D eigenvalue weighted by Crippen LogP contribution is -2.28. The average molecular weight is 334 g/mol. The van der Waals surface area contributed by atoms with Crippen LogP contribution >= 0.6 is 11.3 Å². The summed E-state index contributed by atoms with van der Waals surface area (Å²) in [6.45, 7) is 0.335. The van der Waals surface area contributed by atoms with Crippen LogP contribution in [0.25, 0.3) is 11.3 Å². The van der Waals surface area contributed by atoms with Gasteiger partial charge in [-0.1, -0.05) is 36.4 Å². The van der Waals surface area contributed by atoms with E-state index in [2.05, 4.69) is 15.3 Å². The van der Waals surface area contributed by atoms with Gasteiger partial charge in [-0.3, -0.25) is 9.78 Å². The molecule has 1 N–H and O–H groups in total. The van der Waals surface area contributed by atoms with Gasteiger partial charge in [0, 0.05) is 29.9 Å². The Labute approximate surface area is 143 Å². The van der Waals surface area contributed by atoms with E-state index in [0.29, 0.717) is 11.6 Å². The first-order chi connectivity index (χ1) is 11.8. The van der Waals surface area contributed by atoms with Crippen molar-refractivity contribution in [1.82, 2.24) is 15.3 Å². The lowest BCUT2D eigenvalue weighted by atomic mass is 10.1. The molecule has 24 heavy (non-hydrogen) atoms. The van der Waals surface area contributed by atoms with Crippen LogP contribution in [-0.4, -0.2) is 15.9 Å². The second-order valence-corrected chi connectivity index (χ2v) is 5.97. The lowest BCUT2D eigenvalue weighted by molar-refractivity contribution is -0.121. The Morgan fingerprint density at radius 3 is 2.79 bits per heavy atom. The number of rotatable bonds is 5. The summed E-state index contributed by atoms with van der Waals surface area (Å²) in [7, 11) is 0. The van der Waals surface area contributed by atoms with Crippen LogP contribution in [0.5, 0.6) is 0 Å². The Balaban J connectivity index is 1.71. The molecular formula is C18H14N4OS. The molecule has 0 fully saturated rings. The summed E-state index contributed by atoms with van der Waals surface area (Å²) in [5.74, 6) is -1.26. The van der Waals surface area contributed by atoms with E-state index in [1.807, 2.05) is 47.8 Å². The lowest BCUT2D eigenvalue weighted by Gasteiger charge is -2.08. The first-order valence-corrected chi connectivity index (χ1v) is 8.23. The van der Waals surface area contributed by atoms with Crippen LogP contribution in [0.3, 0.4) is 0 Å². The molecule has 3 rings (SSSR count). The van der Waals surface area contributed by atoms with E-state index in [4.69, 9.17) is 0 Å². The first kappa shape index (κ1) is 15.8. The number of benzene rings is 1. The zero-order valence-electron chi connectivity index (χ0n) is 12.7. The molecule has 0 unspecified atom stereocenters. The number of amides is 1. The summed E-state index contributed by atoms with van der Waals surface area (Å²) in [5, 5.41) is 14.5. The minimum absolute atomic E-state index is 0.335. The molecule has 5 nitrogen and oxygen atoms in total. The fraction of sp³-hybridized carbons (Fsp3) is 0.111. The van der Waals surface area contributed by atoms with E-state index in [1.54, 1.807) is 18.5 Å². The summed E-state index contributed by atoms with van der Waals surface area (Å²) in [5.41, 5.74) is 2.62. The van der Waals surface area contributed by atoms with E-state index in [9.17, 15) is 10.1 Å². The van der Waals surface area contributed by atoms with Crippen molar-refractivity contribution in [1.29, 1.82) is 5.26 Å². The molecular weight excluding hydrogens is 320 g/mol. The van der Waals surface area contributed by atoms with Crippen molar-refractivity contribution in [2.75, 3.05) is 0 Å². The van der Waals surface area contributed by atoms with Crippen molar-refractivity contribution in [3.63, 3.8) is 0 Å². The van der Waals surface area contributed by atoms with Crippen molar-refractivity contribution in [2.45, 2.75) is 12.5 Å². The Hall–Kier alpha value is -3.04. The molecule has 1 amide bonds. The van der Waals surface area contributed by atoms with Gasteiger partial charge in [-0.05, 0) is 11.6 Å². The normalized spacial score (nSPS) is 11.5. The molecule has 1 atom stereocenters.